The molecule has 106 valence electrons. The van der Waals surface area contributed by atoms with E-state index < -0.39 is 0 Å². The van der Waals surface area contributed by atoms with Crippen LogP contribution in [0.3, 0.4) is 0 Å². The fourth-order valence-electron chi connectivity index (χ4n) is 3.09. The Labute approximate surface area is 116 Å². The molecular formula is C17H26O2. The molecule has 19 heavy (non-hydrogen) atoms. The van der Waals surface area contributed by atoms with Crippen LogP contribution in [0.1, 0.15) is 57.6 Å². The summed E-state index contributed by atoms with van der Waals surface area (Å²) < 4.78 is 5.76. The molecule has 3 unspecified atom stereocenters. The summed E-state index contributed by atoms with van der Waals surface area (Å²) in [7, 11) is 0. The molecule has 0 aromatic heterocycles. The third-order valence-electron chi connectivity index (χ3n) is 4.31. The summed E-state index contributed by atoms with van der Waals surface area (Å²) in [6, 6.07) is 7.95. The van der Waals surface area contributed by atoms with Gasteiger partial charge in [-0.25, -0.2) is 0 Å². The monoisotopic (exact) mass is 262 g/mol. The van der Waals surface area contributed by atoms with Crippen LogP contribution < -0.4 is 4.74 Å². The first-order chi connectivity index (χ1) is 9.26. The minimum Gasteiger partial charge on any atom is -0.493 e. The zero-order valence-corrected chi connectivity index (χ0v) is 12.1. The molecule has 1 aliphatic rings. The van der Waals surface area contributed by atoms with Crippen molar-refractivity contribution in [1.29, 1.82) is 0 Å². The van der Waals surface area contributed by atoms with E-state index in [4.69, 9.17) is 4.74 Å². The minimum absolute atomic E-state index is 0.371. The molecule has 0 radical (unpaired) electrons. The maximum Gasteiger partial charge on any atom is 0.125 e. The van der Waals surface area contributed by atoms with Gasteiger partial charge in [0.1, 0.15) is 5.75 Å². The number of hydrogen-bond donors (Lipinski definition) is 1. The summed E-state index contributed by atoms with van der Waals surface area (Å²) in [6.45, 7) is 5.06. The van der Waals surface area contributed by atoms with Gasteiger partial charge in [0.15, 0.2) is 0 Å². The Balaban J connectivity index is 2.08. The van der Waals surface area contributed by atoms with Crippen LogP contribution in [0.4, 0.5) is 0 Å². The van der Waals surface area contributed by atoms with Crippen molar-refractivity contribution < 1.29 is 9.84 Å². The molecule has 3 atom stereocenters. The fraction of sp³-hybridized carbons (Fsp3) is 0.647. The van der Waals surface area contributed by atoms with Gasteiger partial charge in [-0.2, -0.15) is 0 Å². The highest BCUT2D eigenvalue weighted by Crippen LogP contribution is 2.42. The van der Waals surface area contributed by atoms with E-state index in [9.17, 15) is 5.11 Å². The van der Waals surface area contributed by atoms with Gasteiger partial charge in [0.2, 0.25) is 0 Å². The Hall–Kier alpha value is -1.02. The van der Waals surface area contributed by atoms with Gasteiger partial charge in [0.05, 0.1) is 12.7 Å². The van der Waals surface area contributed by atoms with Crippen LogP contribution in [0.25, 0.3) is 0 Å². The Morgan fingerprint density at radius 1 is 1.26 bits per heavy atom. The van der Waals surface area contributed by atoms with Gasteiger partial charge >= 0.3 is 0 Å². The zero-order chi connectivity index (χ0) is 13.7. The highest BCUT2D eigenvalue weighted by Gasteiger charge is 2.31. The van der Waals surface area contributed by atoms with Gasteiger partial charge in [0.25, 0.3) is 0 Å². The van der Waals surface area contributed by atoms with E-state index in [1.54, 1.807) is 0 Å². The van der Waals surface area contributed by atoms with Crippen molar-refractivity contribution in [3.8, 4) is 5.75 Å². The summed E-state index contributed by atoms with van der Waals surface area (Å²) in [6.07, 6.45) is 5.41. The van der Waals surface area contributed by atoms with E-state index in [1.165, 1.54) is 12.8 Å². The molecule has 0 spiro atoms. The Morgan fingerprint density at radius 3 is 2.74 bits per heavy atom. The van der Waals surface area contributed by atoms with Crippen LogP contribution in [0, 0.1) is 11.8 Å². The lowest BCUT2D eigenvalue weighted by Crippen LogP contribution is -2.11. The summed E-state index contributed by atoms with van der Waals surface area (Å²) in [5, 5.41) is 10.6. The molecule has 0 bridgehead atoms. The average molecular weight is 262 g/mol. The van der Waals surface area contributed by atoms with Crippen molar-refractivity contribution in [2.24, 2.45) is 11.8 Å². The highest BCUT2D eigenvalue weighted by atomic mass is 16.5. The highest BCUT2D eigenvalue weighted by molar-refractivity contribution is 5.35. The molecule has 1 aromatic carbocycles. The van der Waals surface area contributed by atoms with Crippen molar-refractivity contribution >= 4 is 0 Å². The summed E-state index contributed by atoms with van der Waals surface area (Å²) in [5.41, 5.74) is 0.970. The van der Waals surface area contributed by atoms with Crippen molar-refractivity contribution in [1.82, 2.24) is 0 Å². The maximum absolute atomic E-state index is 10.6. The first kappa shape index (κ1) is 14.4. The smallest absolute Gasteiger partial charge is 0.125 e. The molecule has 1 fully saturated rings. The van der Waals surface area contributed by atoms with Gasteiger partial charge in [-0.3, -0.25) is 0 Å². The fourth-order valence-corrected chi connectivity index (χ4v) is 3.09. The SMILES string of the molecule is CCCOc1ccccc1C(O)C1CCC(CC)C1. The number of para-hydroxylation sites is 1. The van der Waals surface area contributed by atoms with Gasteiger partial charge in [-0.05, 0) is 37.2 Å². The predicted molar refractivity (Wildman–Crippen MR) is 78.3 cm³/mol. The quantitative estimate of drug-likeness (QED) is 0.826. The lowest BCUT2D eigenvalue weighted by molar-refractivity contribution is 0.105. The number of benzene rings is 1. The molecule has 0 heterocycles. The Bertz CT molecular complexity index is 389. The third-order valence-corrected chi connectivity index (χ3v) is 4.31. The van der Waals surface area contributed by atoms with E-state index >= 15 is 0 Å². The standard InChI is InChI=1S/C17H26O2/c1-3-11-19-16-8-6-5-7-15(16)17(18)14-10-9-13(4-2)12-14/h5-8,13-14,17-18H,3-4,9-12H2,1-2H3. The molecule has 1 aromatic rings. The third kappa shape index (κ3) is 3.50. The van der Waals surface area contributed by atoms with Gasteiger partial charge in [0, 0.05) is 5.56 Å². The number of hydrogen-bond acceptors (Lipinski definition) is 2. The van der Waals surface area contributed by atoms with Crippen LogP contribution in [-0.4, -0.2) is 11.7 Å². The Morgan fingerprint density at radius 2 is 2.05 bits per heavy atom. The van der Waals surface area contributed by atoms with Crippen molar-refractivity contribution in [2.45, 2.75) is 52.1 Å². The lowest BCUT2D eigenvalue weighted by atomic mass is 9.92. The molecule has 1 saturated carbocycles. The predicted octanol–water partition coefficient (Wildman–Crippen LogP) is 4.34. The van der Waals surface area contributed by atoms with Crippen molar-refractivity contribution in [2.75, 3.05) is 6.61 Å². The maximum atomic E-state index is 10.6. The lowest BCUT2D eigenvalue weighted by Gasteiger charge is -2.21. The molecule has 1 aliphatic carbocycles. The van der Waals surface area contributed by atoms with Crippen LogP contribution >= 0.6 is 0 Å². The first-order valence-corrected chi connectivity index (χ1v) is 7.66. The van der Waals surface area contributed by atoms with E-state index in [-0.39, 0.29) is 6.10 Å². The summed E-state index contributed by atoms with van der Waals surface area (Å²) in [5.74, 6) is 2.05. The normalized spacial score (nSPS) is 24.4. The van der Waals surface area contributed by atoms with Gasteiger partial charge in [-0.1, -0.05) is 44.9 Å². The average Bonchev–Trinajstić information content (AvgIpc) is 2.93. The summed E-state index contributed by atoms with van der Waals surface area (Å²) >= 11 is 0. The van der Waals surface area contributed by atoms with Crippen LogP contribution in [0.2, 0.25) is 0 Å². The van der Waals surface area contributed by atoms with Crippen molar-refractivity contribution in [3.63, 3.8) is 0 Å². The largest absolute Gasteiger partial charge is 0.493 e. The second-order valence-electron chi connectivity index (χ2n) is 5.68. The first-order valence-electron chi connectivity index (χ1n) is 7.66. The van der Waals surface area contributed by atoms with E-state index in [1.807, 2.05) is 24.3 Å². The second kappa shape index (κ2) is 6.95. The van der Waals surface area contributed by atoms with Crippen LogP contribution in [-0.2, 0) is 0 Å². The molecule has 2 rings (SSSR count). The molecule has 0 saturated heterocycles. The van der Waals surface area contributed by atoms with E-state index in [0.29, 0.717) is 12.5 Å². The van der Waals surface area contributed by atoms with E-state index in [0.717, 1.165) is 36.5 Å². The molecule has 2 nitrogen and oxygen atoms in total. The van der Waals surface area contributed by atoms with Crippen LogP contribution in [0.5, 0.6) is 5.75 Å². The molecule has 1 N–H and O–H groups in total. The molecule has 0 aliphatic heterocycles. The molecule has 0 amide bonds. The Kier molecular flexibility index (Phi) is 5.26. The minimum atomic E-state index is -0.371. The number of rotatable bonds is 6. The van der Waals surface area contributed by atoms with Gasteiger partial charge in [-0.15, -0.1) is 0 Å². The number of ether oxygens (including phenoxy) is 1. The number of aliphatic hydroxyl groups is 1. The van der Waals surface area contributed by atoms with Crippen LogP contribution in [0.15, 0.2) is 24.3 Å². The second-order valence-corrected chi connectivity index (χ2v) is 5.68. The van der Waals surface area contributed by atoms with Gasteiger partial charge < -0.3 is 9.84 Å². The topological polar surface area (TPSA) is 29.5 Å². The number of aliphatic hydroxyl groups excluding tert-OH is 1. The molecule has 2 heteroatoms. The molecular weight excluding hydrogens is 236 g/mol. The summed E-state index contributed by atoms with van der Waals surface area (Å²) in [4.78, 5) is 0. The van der Waals surface area contributed by atoms with E-state index in [2.05, 4.69) is 13.8 Å². The zero-order valence-electron chi connectivity index (χ0n) is 12.1. The van der Waals surface area contributed by atoms with Crippen molar-refractivity contribution in [3.05, 3.63) is 29.8 Å².